The first-order chi connectivity index (χ1) is 8.45. The first-order valence-electron chi connectivity index (χ1n) is 6.19. The standard InChI is InChI=1S/C14H21NO3/c1-5-17-13-7-6-11(8-12(13)15)14(16)18-10(4)9(2)3/h6-10H,5,15H2,1-4H3. The number of hydrogen-bond donors (Lipinski definition) is 1. The Labute approximate surface area is 108 Å². The van der Waals surface area contributed by atoms with E-state index in [0.29, 0.717) is 23.6 Å². The summed E-state index contributed by atoms with van der Waals surface area (Å²) in [5.74, 6) is 0.519. The van der Waals surface area contributed by atoms with Gasteiger partial charge in [0, 0.05) is 0 Å². The molecule has 0 fully saturated rings. The van der Waals surface area contributed by atoms with Crippen LogP contribution in [0.4, 0.5) is 5.69 Å². The van der Waals surface area contributed by atoms with E-state index in [-0.39, 0.29) is 18.0 Å². The molecule has 0 aliphatic rings. The Hall–Kier alpha value is -1.71. The second-order valence-corrected chi connectivity index (χ2v) is 4.54. The van der Waals surface area contributed by atoms with E-state index in [1.165, 1.54) is 0 Å². The monoisotopic (exact) mass is 251 g/mol. The van der Waals surface area contributed by atoms with Gasteiger partial charge in [-0.05, 0) is 38.0 Å². The zero-order chi connectivity index (χ0) is 13.7. The Morgan fingerprint density at radius 1 is 1.33 bits per heavy atom. The highest BCUT2D eigenvalue weighted by Gasteiger charge is 2.15. The Morgan fingerprint density at radius 2 is 2.00 bits per heavy atom. The maximum atomic E-state index is 11.9. The summed E-state index contributed by atoms with van der Waals surface area (Å²) in [7, 11) is 0. The van der Waals surface area contributed by atoms with Crippen LogP contribution in [-0.2, 0) is 4.74 Å². The van der Waals surface area contributed by atoms with E-state index in [0.717, 1.165) is 0 Å². The normalized spacial score (nSPS) is 12.3. The molecule has 0 aromatic heterocycles. The molecular weight excluding hydrogens is 230 g/mol. The van der Waals surface area contributed by atoms with Gasteiger partial charge in [0.25, 0.3) is 0 Å². The zero-order valence-electron chi connectivity index (χ0n) is 11.4. The Balaban J connectivity index is 2.78. The summed E-state index contributed by atoms with van der Waals surface area (Å²) in [5, 5.41) is 0. The number of benzene rings is 1. The highest BCUT2D eigenvalue weighted by Crippen LogP contribution is 2.23. The van der Waals surface area contributed by atoms with E-state index in [1.54, 1.807) is 18.2 Å². The van der Waals surface area contributed by atoms with E-state index in [1.807, 2.05) is 27.7 Å². The number of rotatable bonds is 5. The van der Waals surface area contributed by atoms with Gasteiger partial charge in [-0.2, -0.15) is 0 Å². The van der Waals surface area contributed by atoms with Gasteiger partial charge in [-0.1, -0.05) is 13.8 Å². The Bertz CT molecular complexity index is 416. The molecule has 0 spiro atoms. The van der Waals surface area contributed by atoms with Crippen LogP contribution < -0.4 is 10.5 Å². The van der Waals surface area contributed by atoms with Crippen LogP contribution in [0.2, 0.25) is 0 Å². The van der Waals surface area contributed by atoms with Crippen molar-refractivity contribution in [1.29, 1.82) is 0 Å². The third kappa shape index (κ3) is 3.65. The van der Waals surface area contributed by atoms with Crippen LogP contribution >= 0.6 is 0 Å². The van der Waals surface area contributed by atoms with Crippen LogP contribution in [0.5, 0.6) is 5.75 Å². The van der Waals surface area contributed by atoms with Crippen molar-refractivity contribution in [2.24, 2.45) is 5.92 Å². The largest absolute Gasteiger partial charge is 0.492 e. The quantitative estimate of drug-likeness (QED) is 0.645. The minimum Gasteiger partial charge on any atom is -0.492 e. The van der Waals surface area contributed by atoms with E-state index in [4.69, 9.17) is 15.2 Å². The van der Waals surface area contributed by atoms with Crippen LogP contribution in [0.1, 0.15) is 38.1 Å². The molecule has 1 aromatic carbocycles. The number of ether oxygens (including phenoxy) is 2. The van der Waals surface area contributed by atoms with E-state index >= 15 is 0 Å². The first-order valence-corrected chi connectivity index (χ1v) is 6.19. The molecule has 0 heterocycles. The van der Waals surface area contributed by atoms with Crippen LogP contribution in [0, 0.1) is 5.92 Å². The fraction of sp³-hybridized carbons (Fsp3) is 0.500. The number of carbonyl (C=O) groups is 1. The van der Waals surface area contributed by atoms with Gasteiger partial charge in [-0.3, -0.25) is 0 Å². The molecule has 18 heavy (non-hydrogen) atoms. The fourth-order valence-electron chi connectivity index (χ4n) is 1.34. The average molecular weight is 251 g/mol. The number of nitrogen functional groups attached to an aromatic ring is 1. The second-order valence-electron chi connectivity index (χ2n) is 4.54. The average Bonchev–Trinajstić information content (AvgIpc) is 2.31. The molecule has 0 saturated heterocycles. The van der Waals surface area contributed by atoms with Crippen molar-refractivity contribution < 1.29 is 14.3 Å². The molecule has 0 radical (unpaired) electrons. The van der Waals surface area contributed by atoms with Gasteiger partial charge in [0.2, 0.25) is 0 Å². The van der Waals surface area contributed by atoms with Crippen LogP contribution in [0.25, 0.3) is 0 Å². The van der Waals surface area contributed by atoms with Crippen molar-refractivity contribution in [2.75, 3.05) is 12.3 Å². The van der Waals surface area contributed by atoms with Crippen molar-refractivity contribution in [3.8, 4) is 5.75 Å². The van der Waals surface area contributed by atoms with Crippen molar-refractivity contribution in [3.63, 3.8) is 0 Å². The summed E-state index contributed by atoms with van der Waals surface area (Å²) in [6.07, 6.45) is -0.120. The van der Waals surface area contributed by atoms with Crippen molar-refractivity contribution in [3.05, 3.63) is 23.8 Å². The SMILES string of the molecule is CCOc1ccc(C(=O)OC(C)C(C)C)cc1N. The van der Waals surface area contributed by atoms with Gasteiger partial charge in [0.15, 0.2) is 0 Å². The van der Waals surface area contributed by atoms with Gasteiger partial charge in [0.05, 0.1) is 17.9 Å². The minimum atomic E-state index is -0.356. The maximum absolute atomic E-state index is 11.9. The second kappa shape index (κ2) is 6.28. The third-order valence-corrected chi connectivity index (χ3v) is 2.78. The summed E-state index contributed by atoms with van der Waals surface area (Å²) >= 11 is 0. The van der Waals surface area contributed by atoms with Gasteiger partial charge >= 0.3 is 5.97 Å². The van der Waals surface area contributed by atoms with E-state index in [2.05, 4.69) is 0 Å². The molecule has 4 heteroatoms. The number of esters is 1. The number of anilines is 1. The topological polar surface area (TPSA) is 61.5 Å². The smallest absolute Gasteiger partial charge is 0.338 e. The lowest BCUT2D eigenvalue weighted by atomic mass is 10.1. The lowest BCUT2D eigenvalue weighted by molar-refractivity contribution is 0.0238. The summed E-state index contributed by atoms with van der Waals surface area (Å²) < 4.78 is 10.6. The van der Waals surface area contributed by atoms with Crippen LogP contribution in [0.3, 0.4) is 0 Å². The highest BCUT2D eigenvalue weighted by atomic mass is 16.5. The maximum Gasteiger partial charge on any atom is 0.338 e. The molecule has 0 amide bonds. The van der Waals surface area contributed by atoms with Crippen molar-refractivity contribution in [2.45, 2.75) is 33.8 Å². The third-order valence-electron chi connectivity index (χ3n) is 2.78. The fourth-order valence-corrected chi connectivity index (χ4v) is 1.34. The molecule has 0 aliphatic carbocycles. The predicted molar refractivity (Wildman–Crippen MR) is 71.7 cm³/mol. The summed E-state index contributed by atoms with van der Waals surface area (Å²) in [6.45, 7) is 8.31. The number of hydrogen-bond acceptors (Lipinski definition) is 4. The number of carbonyl (C=O) groups excluding carboxylic acids is 1. The summed E-state index contributed by atoms with van der Waals surface area (Å²) in [5.41, 5.74) is 6.70. The molecule has 1 unspecified atom stereocenters. The van der Waals surface area contributed by atoms with E-state index < -0.39 is 0 Å². The minimum absolute atomic E-state index is 0.120. The van der Waals surface area contributed by atoms with Gasteiger partial charge < -0.3 is 15.2 Å². The van der Waals surface area contributed by atoms with Crippen molar-refractivity contribution >= 4 is 11.7 Å². The summed E-state index contributed by atoms with van der Waals surface area (Å²) in [4.78, 5) is 11.9. The van der Waals surface area contributed by atoms with Crippen LogP contribution in [0.15, 0.2) is 18.2 Å². The van der Waals surface area contributed by atoms with Gasteiger partial charge in [-0.15, -0.1) is 0 Å². The first kappa shape index (κ1) is 14.4. The molecule has 4 nitrogen and oxygen atoms in total. The van der Waals surface area contributed by atoms with Gasteiger partial charge in [0.1, 0.15) is 11.9 Å². The molecule has 0 saturated carbocycles. The van der Waals surface area contributed by atoms with Gasteiger partial charge in [-0.25, -0.2) is 4.79 Å². The molecule has 0 bridgehead atoms. The molecule has 1 aromatic rings. The molecular formula is C14H21NO3. The predicted octanol–water partition coefficient (Wildman–Crippen LogP) is 2.87. The number of nitrogens with two attached hydrogens (primary N) is 1. The Morgan fingerprint density at radius 3 is 2.50 bits per heavy atom. The molecule has 2 N–H and O–H groups in total. The lowest BCUT2D eigenvalue weighted by Crippen LogP contribution is -2.20. The molecule has 1 rings (SSSR count). The molecule has 1 atom stereocenters. The van der Waals surface area contributed by atoms with Crippen molar-refractivity contribution in [1.82, 2.24) is 0 Å². The zero-order valence-corrected chi connectivity index (χ0v) is 11.4. The lowest BCUT2D eigenvalue weighted by Gasteiger charge is -2.17. The van der Waals surface area contributed by atoms with Crippen LogP contribution in [-0.4, -0.2) is 18.7 Å². The van der Waals surface area contributed by atoms with E-state index in [9.17, 15) is 4.79 Å². The molecule has 0 aliphatic heterocycles. The highest BCUT2D eigenvalue weighted by molar-refractivity contribution is 5.91. The Kier molecular flexibility index (Phi) is 5.01. The molecule has 100 valence electrons. The summed E-state index contributed by atoms with van der Waals surface area (Å²) in [6, 6.07) is 4.94.